The predicted octanol–water partition coefficient (Wildman–Crippen LogP) is 5.21. The Bertz CT molecular complexity index is 977. The van der Waals surface area contributed by atoms with E-state index in [1.54, 1.807) is 0 Å². The van der Waals surface area contributed by atoms with Crippen molar-refractivity contribution >= 4 is 29.1 Å². The van der Waals surface area contributed by atoms with Gasteiger partial charge in [-0.15, -0.1) is 0 Å². The Morgan fingerprint density at radius 3 is 2.29 bits per heavy atom. The number of pyridine rings is 2. The zero-order valence-corrected chi connectivity index (χ0v) is 17.2. The summed E-state index contributed by atoms with van der Waals surface area (Å²) in [6, 6.07) is 2.41. The zero-order chi connectivity index (χ0) is 23.0. The number of hydrogen-bond donors (Lipinski definition) is 2. The van der Waals surface area contributed by atoms with Gasteiger partial charge in [-0.2, -0.15) is 13.2 Å². The monoisotopic (exact) mass is 483 g/mol. The third-order valence-corrected chi connectivity index (χ3v) is 5.72. The van der Waals surface area contributed by atoms with Crippen LogP contribution < -0.4 is 5.32 Å². The van der Waals surface area contributed by atoms with Gasteiger partial charge in [-0.3, -0.25) is 14.8 Å². The number of carbonyl (C=O) groups is 1. The second-order valence-corrected chi connectivity index (χ2v) is 8.10. The first-order valence-corrected chi connectivity index (χ1v) is 9.82. The van der Waals surface area contributed by atoms with Crippen molar-refractivity contribution in [3.05, 3.63) is 57.6 Å². The third kappa shape index (κ3) is 5.24. The van der Waals surface area contributed by atoms with E-state index in [9.17, 15) is 31.9 Å². The maximum atomic E-state index is 13.6. The number of aliphatic hydroxyl groups is 1. The molecule has 1 atom stereocenters. The van der Waals surface area contributed by atoms with Gasteiger partial charge in [0.25, 0.3) is 5.91 Å². The first-order chi connectivity index (χ1) is 14.3. The lowest BCUT2D eigenvalue weighted by Gasteiger charge is -2.41. The highest BCUT2D eigenvalue weighted by Gasteiger charge is 2.48. The van der Waals surface area contributed by atoms with Crippen LogP contribution in [0.1, 0.15) is 53.5 Å². The van der Waals surface area contributed by atoms with Gasteiger partial charge in [0, 0.05) is 30.3 Å². The van der Waals surface area contributed by atoms with Crippen LogP contribution in [0.4, 0.5) is 22.0 Å². The Balaban J connectivity index is 1.97. The fourth-order valence-electron chi connectivity index (χ4n) is 3.43. The summed E-state index contributed by atoms with van der Waals surface area (Å²) in [5.74, 6) is -4.03. The van der Waals surface area contributed by atoms with Crippen LogP contribution in [-0.4, -0.2) is 32.5 Å². The smallest absolute Gasteiger partial charge is 0.387 e. The van der Waals surface area contributed by atoms with E-state index in [1.807, 2.05) is 0 Å². The molecule has 2 aromatic heterocycles. The van der Waals surface area contributed by atoms with E-state index in [2.05, 4.69) is 15.3 Å². The largest absolute Gasteiger partial charge is 0.434 e. The number of aromatic nitrogens is 2. The highest BCUT2D eigenvalue weighted by Crippen LogP contribution is 2.44. The molecule has 0 spiro atoms. The average Bonchev–Trinajstić information content (AvgIpc) is 2.67. The van der Waals surface area contributed by atoms with Crippen molar-refractivity contribution in [1.29, 1.82) is 0 Å². The van der Waals surface area contributed by atoms with Crippen molar-refractivity contribution in [1.82, 2.24) is 15.3 Å². The van der Waals surface area contributed by atoms with Crippen LogP contribution >= 0.6 is 23.2 Å². The van der Waals surface area contributed by atoms with Gasteiger partial charge in [0.05, 0.1) is 21.9 Å². The molecule has 168 valence electrons. The molecule has 1 aliphatic rings. The number of nitrogens with one attached hydrogen (secondary N) is 1. The number of hydrogen-bond acceptors (Lipinski definition) is 4. The molecular weight excluding hydrogens is 468 g/mol. The number of carbonyl (C=O) groups excluding carboxylic acids is 1. The van der Waals surface area contributed by atoms with E-state index in [1.165, 1.54) is 18.3 Å². The standard InChI is InChI=1S/C19H16Cl2F5N3O2/c20-10-1-7-27-12(9-10)14(17(31)3-5-18(22,23)6-4-17)29-16(30)11-2-8-28-15(13(11)21)19(24,25)26/h1-2,7-9,14,31H,3-6H2,(H,29,30). The molecular formula is C19H16Cl2F5N3O2. The first-order valence-electron chi connectivity index (χ1n) is 9.07. The van der Waals surface area contributed by atoms with Gasteiger partial charge in [-0.25, -0.2) is 8.78 Å². The van der Waals surface area contributed by atoms with Gasteiger partial charge < -0.3 is 10.4 Å². The second-order valence-electron chi connectivity index (χ2n) is 7.28. The Hall–Kier alpha value is -2.04. The van der Waals surface area contributed by atoms with E-state index < -0.39 is 58.8 Å². The van der Waals surface area contributed by atoms with Crippen LogP contribution in [0.5, 0.6) is 0 Å². The summed E-state index contributed by atoms with van der Waals surface area (Å²) in [7, 11) is 0. The van der Waals surface area contributed by atoms with E-state index in [0.717, 1.165) is 12.3 Å². The number of amides is 1. The van der Waals surface area contributed by atoms with Gasteiger partial charge in [0.1, 0.15) is 6.04 Å². The molecule has 1 unspecified atom stereocenters. The lowest BCUT2D eigenvalue weighted by molar-refractivity contribution is -0.141. The van der Waals surface area contributed by atoms with Crippen LogP contribution in [-0.2, 0) is 6.18 Å². The van der Waals surface area contributed by atoms with Crippen LogP contribution in [0, 0.1) is 0 Å². The lowest BCUT2D eigenvalue weighted by Crippen LogP contribution is -2.50. The summed E-state index contributed by atoms with van der Waals surface area (Å²) in [6.07, 6.45) is -4.86. The molecule has 5 nitrogen and oxygen atoms in total. The van der Waals surface area contributed by atoms with E-state index in [4.69, 9.17) is 23.2 Å². The maximum absolute atomic E-state index is 13.6. The predicted molar refractivity (Wildman–Crippen MR) is 102 cm³/mol. The SMILES string of the molecule is O=C(NC(c1cc(Cl)ccn1)C1(O)CCC(F)(F)CC1)c1ccnc(C(F)(F)F)c1Cl. The third-order valence-electron chi connectivity index (χ3n) is 5.10. The van der Waals surface area contributed by atoms with Crippen molar-refractivity contribution in [2.45, 2.75) is 49.4 Å². The van der Waals surface area contributed by atoms with Crippen LogP contribution in [0.2, 0.25) is 10.0 Å². The number of alkyl halides is 5. The Morgan fingerprint density at radius 2 is 1.71 bits per heavy atom. The van der Waals surface area contributed by atoms with E-state index in [-0.39, 0.29) is 23.6 Å². The molecule has 0 aromatic carbocycles. The van der Waals surface area contributed by atoms with Gasteiger partial charge in [-0.05, 0) is 31.0 Å². The second kappa shape index (κ2) is 8.48. The summed E-state index contributed by atoms with van der Waals surface area (Å²) >= 11 is 11.7. The average molecular weight is 484 g/mol. The lowest BCUT2D eigenvalue weighted by atomic mass is 9.76. The minimum absolute atomic E-state index is 0.0646. The molecule has 1 saturated carbocycles. The van der Waals surface area contributed by atoms with Gasteiger partial charge in [-0.1, -0.05) is 23.2 Å². The van der Waals surface area contributed by atoms with Crippen molar-refractivity contribution in [3.8, 4) is 0 Å². The molecule has 1 amide bonds. The normalized spacial score (nSPS) is 19.0. The van der Waals surface area contributed by atoms with Crippen molar-refractivity contribution < 1.29 is 31.9 Å². The summed E-state index contributed by atoms with van der Waals surface area (Å²) in [5.41, 5.74) is -3.76. The Labute approximate surface area is 183 Å². The molecule has 1 aliphatic carbocycles. The molecule has 0 radical (unpaired) electrons. The van der Waals surface area contributed by atoms with Crippen molar-refractivity contribution in [2.75, 3.05) is 0 Å². The molecule has 31 heavy (non-hydrogen) atoms. The Kier molecular flexibility index (Phi) is 6.46. The zero-order valence-electron chi connectivity index (χ0n) is 15.7. The summed E-state index contributed by atoms with van der Waals surface area (Å²) in [5, 5.41) is 12.8. The summed E-state index contributed by atoms with van der Waals surface area (Å²) in [4.78, 5) is 20.0. The van der Waals surface area contributed by atoms with Gasteiger partial charge in [0.15, 0.2) is 5.69 Å². The first kappa shape index (κ1) is 23.6. The number of halogens is 7. The molecule has 2 aromatic rings. The van der Waals surface area contributed by atoms with Gasteiger partial charge in [0.2, 0.25) is 5.92 Å². The molecule has 2 N–H and O–H groups in total. The van der Waals surface area contributed by atoms with Gasteiger partial charge >= 0.3 is 6.18 Å². The fraction of sp³-hybridized carbons (Fsp3) is 0.421. The van der Waals surface area contributed by atoms with E-state index in [0.29, 0.717) is 0 Å². The van der Waals surface area contributed by atoms with Crippen molar-refractivity contribution in [3.63, 3.8) is 0 Å². The number of rotatable bonds is 4. The molecule has 3 rings (SSSR count). The Morgan fingerprint density at radius 1 is 1.10 bits per heavy atom. The number of nitrogens with zero attached hydrogens (tertiary/aromatic N) is 2. The summed E-state index contributed by atoms with van der Waals surface area (Å²) < 4.78 is 66.5. The highest BCUT2D eigenvalue weighted by molar-refractivity contribution is 6.34. The van der Waals surface area contributed by atoms with Crippen LogP contribution in [0.25, 0.3) is 0 Å². The molecule has 0 bridgehead atoms. The minimum Gasteiger partial charge on any atom is -0.387 e. The maximum Gasteiger partial charge on any atom is 0.434 e. The fourth-order valence-corrected chi connectivity index (χ4v) is 3.90. The molecule has 0 saturated heterocycles. The quantitative estimate of drug-likeness (QED) is 0.585. The van der Waals surface area contributed by atoms with Crippen LogP contribution in [0.3, 0.4) is 0 Å². The summed E-state index contributed by atoms with van der Waals surface area (Å²) in [6.45, 7) is 0. The van der Waals surface area contributed by atoms with Crippen molar-refractivity contribution in [2.24, 2.45) is 0 Å². The molecule has 1 fully saturated rings. The molecule has 12 heteroatoms. The molecule has 0 aliphatic heterocycles. The van der Waals surface area contributed by atoms with E-state index >= 15 is 0 Å². The topological polar surface area (TPSA) is 75.1 Å². The minimum atomic E-state index is -4.89. The molecule has 2 heterocycles. The van der Waals surface area contributed by atoms with Crippen LogP contribution in [0.15, 0.2) is 30.6 Å². The highest BCUT2D eigenvalue weighted by atomic mass is 35.5.